The van der Waals surface area contributed by atoms with Crippen molar-refractivity contribution in [2.75, 3.05) is 18.4 Å². The average Bonchev–Trinajstić information content (AvgIpc) is 2.42. The zero-order valence-corrected chi connectivity index (χ0v) is 11.6. The lowest BCUT2D eigenvalue weighted by Crippen LogP contribution is -2.26. The van der Waals surface area contributed by atoms with E-state index >= 15 is 0 Å². The molecule has 0 spiro atoms. The van der Waals surface area contributed by atoms with Crippen molar-refractivity contribution in [1.29, 1.82) is 0 Å². The van der Waals surface area contributed by atoms with E-state index in [0.29, 0.717) is 13.1 Å². The Morgan fingerprint density at radius 1 is 1.26 bits per heavy atom. The summed E-state index contributed by atoms with van der Waals surface area (Å²) >= 11 is 0. The van der Waals surface area contributed by atoms with Crippen LogP contribution in [0.3, 0.4) is 0 Å². The first-order valence-corrected chi connectivity index (χ1v) is 6.87. The van der Waals surface area contributed by atoms with Gasteiger partial charge in [-0.25, -0.2) is 9.37 Å². The number of hydrogen-bond acceptors (Lipinski definition) is 3. The van der Waals surface area contributed by atoms with Crippen LogP contribution in [0, 0.1) is 5.82 Å². The van der Waals surface area contributed by atoms with E-state index in [1.165, 1.54) is 12.3 Å². The summed E-state index contributed by atoms with van der Waals surface area (Å²) in [6.45, 7) is 5.28. The summed E-state index contributed by atoms with van der Waals surface area (Å²) in [4.78, 5) is 15.8. The quantitative estimate of drug-likeness (QED) is 0.712. The van der Waals surface area contributed by atoms with Gasteiger partial charge in [0.25, 0.3) is 5.91 Å². The van der Waals surface area contributed by atoms with Crippen LogP contribution in [0.1, 0.15) is 49.9 Å². The maximum absolute atomic E-state index is 14.0. The minimum atomic E-state index is -0.580. The predicted molar refractivity (Wildman–Crippen MR) is 74.8 cm³/mol. The number of aromatic nitrogens is 1. The van der Waals surface area contributed by atoms with Crippen molar-refractivity contribution >= 4 is 11.7 Å². The summed E-state index contributed by atoms with van der Waals surface area (Å²) in [7, 11) is 0. The Kier molecular flexibility index (Phi) is 6.85. The van der Waals surface area contributed by atoms with Crippen LogP contribution in [0.2, 0.25) is 0 Å². The topological polar surface area (TPSA) is 54.0 Å². The van der Waals surface area contributed by atoms with Crippen molar-refractivity contribution in [3.05, 3.63) is 23.6 Å². The van der Waals surface area contributed by atoms with Gasteiger partial charge >= 0.3 is 0 Å². The highest BCUT2D eigenvalue weighted by Crippen LogP contribution is 2.14. The fourth-order valence-corrected chi connectivity index (χ4v) is 1.66. The van der Waals surface area contributed by atoms with Crippen LogP contribution in [0.5, 0.6) is 0 Å². The van der Waals surface area contributed by atoms with Crippen LogP contribution in [-0.2, 0) is 0 Å². The van der Waals surface area contributed by atoms with E-state index < -0.39 is 5.82 Å². The van der Waals surface area contributed by atoms with E-state index in [4.69, 9.17) is 0 Å². The zero-order chi connectivity index (χ0) is 14.1. The van der Waals surface area contributed by atoms with Gasteiger partial charge < -0.3 is 10.6 Å². The third kappa shape index (κ3) is 4.85. The molecule has 0 aromatic carbocycles. The second-order valence-corrected chi connectivity index (χ2v) is 4.41. The number of anilines is 1. The summed E-state index contributed by atoms with van der Waals surface area (Å²) in [6, 6.07) is 1.40. The molecule has 2 N–H and O–H groups in total. The van der Waals surface area contributed by atoms with E-state index in [1.54, 1.807) is 0 Å². The molecular formula is C14H22FN3O. The molecule has 106 valence electrons. The van der Waals surface area contributed by atoms with Gasteiger partial charge in [-0.1, -0.05) is 26.7 Å². The van der Waals surface area contributed by atoms with E-state index in [1.807, 2.05) is 6.92 Å². The molecule has 1 aromatic heterocycles. The lowest BCUT2D eigenvalue weighted by Gasteiger charge is -2.09. The maximum atomic E-state index is 14.0. The van der Waals surface area contributed by atoms with Crippen LogP contribution in [0.15, 0.2) is 12.3 Å². The Hall–Kier alpha value is -1.65. The van der Waals surface area contributed by atoms with E-state index in [0.717, 1.165) is 25.7 Å². The Bertz CT molecular complexity index is 410. The molecular weight excluding hydrogens is 245 g/mol. The fraction of sp³-hybridized carbons (Fsp3) is 0.571. The molecule has 0 saturated carbocycles. The second kappa shape index (κ2) is 8.45. The summed E-state index contributed by atoms with van der Waals surface area (Å²) < 4.78 is 14.0. The second-order valence-electron chi connectivity index (χ2n) is 4.41. The number of nitrogens with zero attached hydrogens (tertiary/aromatic N) is 1. The minimum Gasteiger partial charge on any atom is -0.368 e. The van der Waals surface area contributed by atoms with Gasteiger partial charge in [0.2, 0.25) is 0 Å². The molecule has 19 heavy (non-hydrogen) atoms. The Balaban J connectivity index is 2.63. The highest BCUT2D eigenvalue weighted by molar-refractivity contribution is 5.95. The Labute approximate surface area is 113 Å². The molecule has 1 aromatic rings. The van der Waals surface area contributed by atoms with Crippen molar-refractivity contribution in [2.45, 2.75) is 39.5 Å². The molecule has 0 fully saturated rings. The van der Waals surface area contributed by atoms with Gasteiger partial charge in [-0.15, -0.1) is 0 Å². The van der Waals surface area contributed by atoms with Crippen molar-refractivity contribution in [1.82, 2.24) is 10.3 Å². The van der Waals surface area contributed by atoms with Crippen LogP contribution >= 0.6 is 0 Å². The van der Waals surface area contributed by atoms with Crippen molar-refractivity contribution in [3.8, 4) is 0 Å². The number of halogens is 1. The summed E-state index contributed by atoms with van der Waals surface area (Å²) in [5, 5.41) is 5.59. The van der Waals surface area contributed by atoms with Crippen molar-refractivity contribution in [3.63, 3.8) is 0 Å². The first kappa shape index (κ1) is 15.4. The molecule has 0 bridgehead atoms. The molecule has 1 amide bonds. The number of rotatable bonds is 8. The molecule has 5 heteroatoms. The van der Waals surface area contributed by atoms with Gasteiger partial charge in [-0.3, -0.25) is 4.79 Å². The SMILES string of the molecule is CCCCCNC(=O)c1ccnc(NCCC)c1F. The maximum Gasteiger partial charge on any atom is 0.254 e. The highest BCUT2D eigenvalue weighted by atomic mass is 19.1. The largest absolute Gasteiger partial charge is 0.368 e. The number of pyridine rings is 1. The molecule has 0 aliphatic rings. The molecule has 1 heterocycles. The third-order valence-corrected chi connectivity index (χ3v) is 2.74. The normalized spacial score (nSPS) is 10.3. The Morgan fingerprint density at radius 2 is 2.05 bits per heavy atom. The fourth-order valence-electron chi connectivity index (χ4n) is 1.66. The van der Waals surface area contributed by atoms with Gasteiger partial charge in [-0.05, 0) is 18.9 Å². The lowest BCUT2D eigenvalue weighted by atomic mass is 10.2. The van der Waals surface area contributed by atoms with E-state index in [9.17, 15) is 9.18 Å². The molecule has 0 atom stereocenters. The molecule has 0 unspecified atom stereocenters. The van der Waals surface area contributed by atoms with Gasteiger partial charge in [-0.2, -0.15) is 0 Å². The average molecular weight is 267 g/mol. The number of carbonyl (C=O) groups excluding carboxylic acids is 1. The first-order valence-electron chi connectivity index (χ1n) is 6.87. The molecule has 0 radical (unpaired) electrons. The van der Waals surface area contributed by atoms with Crippen molar-refractivity contribution in [2.24, 2.45) is 0 Å². The van der Waals surface area contributed by atoms with Gasteiger partial charge in [0.1, 0.15) is 0 Å². The lowest BCUT2D eigenvalue weighted by molar-refractivity contribution is 0.0949. The third-order valence-electron chi connectivity index (χ3n) is 2.74. The molecule has 0 aliphatic carbocycles. The summed E-state index contributed by atoms with van der Waals surface area (Å²) in [6.07, 6.45) is 5.37. The molecule has 4 nitrogen and oxygen atoms in total. The van der Waals surface area contributed by atoms with E-state index in [-0.39, 0.29) is 17.3 Å². The van der Waals surface area contributed by atoms with Gasteiger partial charge in [0, 0.05) is 19.3 Å². The van der Waals surface area contributed by atoms with Crippen LogP contribution < -0.4 is 10.6 Å². The van der Waals surface area contributed by atoms with Crippen LogP contribution in [0.4, 0.5) is 10.2 Å². The monoisotopic (exact) mass is 267 g/mol. The van der Waals surface area contributed by atoms with Gasteiger partial charge in [0.05, 0.1) is 5.56 Å². The van der Waals surface area contributed by atoms with Crippen LogP contribution in [-0.4, -0.2) is 24.0 Å². The minimum absolute atomic E-state index is 0.0464. The van der Waals surface area contributed by atoms with Crippen molar-refractivity contribution < 1.29 is 9.18 Å². The van der Waals surface area contributed by atoms with Gasteiger partial charge in [0.15, 0.2) is 11.6 Å². The molecule has 0 saturated heterocycles. The van der Waals surface area contributed by atoms with E-state index in [2.05, 4.69) is 22.5 Å². The summed E-state index contributed by atoms with van der Waals surface area (Å²) in [5.74, 6) is -0.817. The zero-order valence-electron chi connectivity index (χ0n) is 11.6. The number of carbonyl (C=O) groups is 1. The first-order chi connectivity index (χ1) is 9.20. The number of amides is 1. The molecule has 1 rings (SSSR count). The predicted octanol–water partition coefficient (Wildman–Crippen LogP) is 2.96. The number of unbranched alkanes of at least 4 members (excludes halogenated alkanes) is 2. The number of nitrogens with one attached hydrogen (secondary N) is 2. The smallest absolute Gasteiger partial charge is 0.254 e. The standard InChI is InChI=1S/C14H22FN3O/c1-3-5-6-9-18-14(19)11-7-10-17-13(12(11)15)16-8-4-2/h7,10H,3-6,8-9H2,1-2H3,(H,16,17)(H,18,19). The molecule has 0 aliphatic heterocycles. The Morgan fingerprint density at radius 3 is 2.74 bits per heavy atom. The highest BCUT2D eigenvalue weighted by Gasteiger charge is 2.15. The van der Waals surface area contributed by atoms with Crippen LogP contribution in [0.25, 0.3) is 0 Å². The summed E-state index contributed by atoms with van der Waals surface area (Å²) in [5.41, 5.74) is 0.0464. The number of hydrogen-bond donors (Lipinski definition) is 2.